The smallest absolute Gasteiger partial charge is 0.462 e. The highest BCUT2D eigenvalue weighted by Crippen LogP contribution is 2.36. The lowest BCUT2D eigenvalue weighted by atomic mass is 10.1. The molecule has 0 saturated heterocycles. The Hall–Kier alpha value is -2.14. The van der Waals surface area contributed by atoms with Gasteiger partial charge in [0.05, 0.1) is 19.7 Å². The van der Waals surface area contributed by atoms with E-state index in [-0.39, 0.29) is 5.97 Å². The fourth-order valence-electron chi connectivity index (χ4n) is 2.65. The summed E-state index contributed by atoms with van der Waals surface area (Å²) in [6, 6.07) is 0. The summed E-state index contributed by atoms with van der Waals surface area (Å²) in [5.41, 5.74) is -11.9. The SMILES string of the molecule is C=C(C)C(=O)OCCCCCCCC[n+]1ccn(CCCC)c1.O=S(=O)([N-]S(=O)(=O)C(F)(F)F)C(F)(F)F. The second kappa shape index (κ2) is 16.1. The van der Waals surface area contributed by atoms with Crippen LogP contribution in [0.3, 0.4) is 0 Å². The Kier molecular flexibility index (Phi) is 15.2. The molecule has 0 aliphatic rings. The highest BCUT2D eigenvalue weighted by Gasteiger charge is 2.46. The predicted molar refractivity (Wildman–Crippen MR) is 126 cm³/mol. The molecule has 0 bridgehead atoms. The number of nitrogens with zero attached hydrogens (tertiary/aromatic N) is 3. The van der Waals surface area contributed by atoms with E-state index in [1.54, 1.807) is 6.92 Å². The normalized spacial score (nSPS) is 12.5. The Bertz CT molecular complexity index is 1040. The van der Waals surface area contributed by atoms with E-state index in [0.717, 1.165) is 30.1 Å². The van der Waals surface area contributed by atoms with Gasteiger partial charge < -0.3 is 8.86 Å². The van der Waals surface area contributed by atoms with Crippen LogP contribution < -0.4 is 4.57 Å². The molecular weight excluding hydrogens is 568 g/mol. The number of ether oxygens (including phenoxy) is 1. The number of alkyl halides is 6. The topological polar surface area (TPSA) is 117 Å². The number of aromatic nitrogens is 2. The van der Waals surface area contributed by atoms with Crippen molar-refractivity contribution in [3.8, 4) is 0 Å². The molecule has 1 rings (SSSR count). The fourth-order valence-corrected chi connectivity index (χ4v) is 4.36. The van der Waals surface area contributed by atoms with Gasteiger partial charge in [-0.2, -0.15) is 26.3 Å². The van der Waals surface area contributed by atoms with E-state index in [1.165, 1.54) is 38.5 Å². The summed E-state index contributed by atoms with van der Waals surface area (Å²) in [5.74, 6) is -0.270. The number of unbranched alkanes of at least 4 members (excludes halogenated alkanes) is 6. The summed E-state index contributed by atoms with van der Waals surface area (Å²) in [4.78, 5) is 11.2. The predicted octanol–water partition coefficient (Wildman–Crippen LogP) is 5.09. The van der Waals surface area contributed by atoms with Crippen molar-refractivity contribution in [2.24, 2.45) is 0 Å². The lowest BCUT2D eigenvalue weighted by Gasteiger charge is -2.22. The second-order valence-corrected chi connectivity index (χ2v) is 11.6. The molecule has 0 saturated carbocycles. The molecule has 17 heteroatoms. The maximum absolute atomic E-state index is 11.4. The average molecular weight is 602 g/mol. The van der Waals surface area contributed by atoms with Crippen molar-refractivity contribution >= 4 is 26.0 Å². The van der Waals surface area contributed by atoms with Crippen molar-refractivity contribution in [2.45, 2.75) is 89.3 Å². The number of sulfonamides is 2. The zero-order valence-corrected chi connectivity index (χ0v) is 22.7. The summed E-state index contributed by atoms with van der Waals surface area (Å²) < 4.78 is 119. The van der Waals surface area contributed by atoms with Crippen LogP contribution in [0.25, 0.3) is 4.13 Å². The van der Waals surface area contributed by atoms with Gasteiger partial charge in [-0.05, 0) is 32.6 Å². The zero-order chi connectivity index (χ0) is 29.6. The van der Waals surface area contributed by atoms with Crippen LogP contribution >= 0.6 is 0 Å². The van der Waals surface area contributed by atoms with Gasteiger partial charge in [0.2, 0.25) is 6.33 Å². The van der Waals surface area contributed by atoms with E-state index < -0.39 is 31.1 Å². The third-order valence-electron chi connectivity index (χ3n) is 4.69. The molecule has 222 valence electrons. The number of hydrogen-bond acceptors (Lipinski definition) is 6. The van der Waals surface area contributed by atoms with Gasteiger partial charge in [-0.25, -0.2) is 30.8 Å². The summed E-state index contributed by atoms with van der Waals surface area (Å²) >= 11 is 0. The van der Waals surface area contributed by atoms with Crippen LogP contribution in [0, 0.1) is 0 Å². The maximum atomic E-state index is 11.4. The molecule has 9 nitrogen and oxygen atoms in total. The Balaban J connectivity index is 0.000000793. The fraction of sp³-hybridized carbons (Fsp3) is 0.714. The van der Waals surface area contributed by atoms with E-state index in [1.807, 2.05) is 0 Å². The summed E-state index contributed by atoms with van der Waals surface area (Å²) in [7, 11) is -13.4. The molecule has 1 heterocycles. The molecule has 0 fully saturated rings. The van der Waals surface area contributed by atoms with Crippen LogP contribution in [-0.2, 0) is 42.7 Å². The van der Waals surface area contributed by atoms with E-state index in [9.17, 15) is 48.0 Å². The summed E-state index contributed by atoms with van der Waals surface area (Å²) in [5, 5.41) is 0. The monoisotopic (exact) mass is 601 g/mol. The second-order valence-electron chi connectivity index (χ2n) is 8.20. The number of carbonyl (C=O) groups is 1. The third-order valence-corrected chi connectivity index (χ3v) is 7.43. The van der Waals surface area contributed by atoms with Gasteiger partial charge >= 0.3 is 17.0 Å². The molecule has 1 aromatic heterocycles. The van der Waals surface area contributed by atoms with Gasteiger partial charge in [-0.1, -0.05) is 39.2 Å². The van der Waals surface area contributed by atoms with Crippen LogP contribution in [0.1, 0.15) is 65.2 Å². The van der Waals surface area contributed by atoms with Crippen molar-refractivity contribution in [1.29, 1.82) is 0 Å². The van der Waals surface area contributed by atoms with Gasteiger partial charge in [-0.15, -0.1) is 0 Å². The molecule has 0 spiro atoms. The Morgan fingerprint density at radius 1 is 0.921 bits per heavy atom. The molecule has 0 N–H and O–H groups in total. The zero-order valence-electron chi connectivity index (χ0n) is 21.1. The average Bonchev–Trinajstić information content (AvgIpc) is 3.22. The number of esters is 1. The van der Waals surface area contributed by atoms with E-state index >= 15 is 0 Å². The summed E-state index contributed by atoms with van der Waals surface area (Å²) in [6.07, 6.45) is 16.1. The minimum Gasteiger partial charge on any atom is -0.462 e. The molecule has 0 aliphatic carbocycles. The molecule has 0 aliphatic heterocycles. The first kappa shape index (κ1) is 35.9. The van der Waals surface area contributed by atoms with Crippen molar-refractivity contribution < 1.29 is 57.3 Å². The lowest BCUT2D eigenvalue weighted by Crippen LogP contribution is -2.30. The number of aryl methyl sites for hydroxylation is 2. The first-order chi connectivity index (χ1) is 17.3. The third kappa shape index (κ3) is 14.1. The molecule has 0 unspecified atom stereocenters. The van der Waals surface area contributed by atoms with Gasteiger partial charge in [0.25, 0.3) is 0 Å². The molecule has 0 aromatic carbocycles. The van der Waals surface area contributed by atoms with Crippen LogP contribution in [-0.4, -0.2) is 45.0 Å². The van der Waals surface area contributed by atoms with Gasteiger partial charge in [0.1, 0.15) is 12.4 Å². The number of carbonyl (C=O) groups excluding carboxylic acids is 1. The first-order valence-corrected chi connectivity index (χ1v) is 14.5. The minimum absolute atomic E-state index is 0.270. The van der Waals surface area contributed by atoms with Crippen LogP contribution in [0.2, 0.25) is 0 Å². The van der Waals surface area contributed by atoms with E-state index in [0.29, 0.717) is 12.2 Å². The van der Waals surface area contributed by atoms with Crippen LogP contribution in [0.4, 0.5) is 26.3 Å². The van der Waals surface area contributed by atoms with E-state index in [4.69, 9.17) is 4.74 Å². The first-order valence-electron chi connectivity index (χ1n) is 11.6. The molecule has 1 aromatic rings. The standard InChI is InChI=1S/C19H33N2O2.C2F6NO4S2/c1-4-5-12-20-14-15-21(17-20)13-10-8-6-7-9-11-16-23-19(22)18(2)3;3-1(4,5)14(10,11)9-15(12,13)2(6,7)8/h14-15,17H,2,4-13,16H2,1,3H3;/q+1;-1. The molecule has 0 atom stereocenters. The van der Waals surface area contributed by atoms with Crippen LogP contribution in [0.5, 0.6) is 0 Å². The van der Waals surface area contributed by atoms with Gasteiger partial charge in [0, 0.05) is 5.57 Å². The van der Waals surface area contributed by atoms with Crippen molar-refractivity contribution in [3.05, 3.63) is 35.0 Å². The minimum atomic E-state index is -6.72. The van der Waals surface area contributed by atoms with Crippen molar-refractivity contribution in [3.63, 3.8) is 0 Å². The molecule has 0 amide bonds. The molecule has 38 heavy (non-hydrogen) atoms. The number of hydrogen-bond donors (Lipinski definition) is 0. The Labute approximate surface area is 219 Å². The largest absolute Gasteiger partial charge is 0.480 e. The quantitative estimate of drug-likeness (QED) is 0.0909. The molecule has 0 radical (unpaired) electrons. The summed E-state index contributed by atoms with van der Waals surface area (Å²) in [6.45, 7) is 10.2. The molecular formula is C21H33F6N3O6S2. The van der Waals surface area contributed by atoms with Crippen molar-refractivity contribution in [1.82, 2.24) is 4.57 Å². The van der Waals surface area contributed by atoms with Crippen molar-refractivity contribution in [2.75, 3.05) is 6.61 Å². The number of halogens is 6. The highest BCUT2D eigenvalue weighted by atomic mass is 32.3. The van der Waals surface area contributed by atoms with Gasteiger partial charge in [0.15, 0.2) is 20.0 Å². The number of rotatable bonds is 15. The lowest BCUT2D eigenvalue weighted by molar-refractivity contribution is -0.696. The number of imidazole rings is 1. The Morgan fingerprint density at radius 3 is 1.89 bits per heavy atom. The maximum Gasteiger partial charge on any atom is 0.480 e. The van der Waals surface area contributed by atoms with Crippen LogP contribution in [0.15, 0.2) is 30.9 Å². The van der Waals surface area contributed by atoms with E-state index in [2.05, 4.69) is 41.4 Å². The Morgan fingerprint density at radius 2 is 1.42 bits per heavy atom. The van der Waals surface area contributed by atoms with Gasteiger partial charge in [-0.3, -0.25) is 0 Å². The highest BCUT2D eigenvalue weighted by molar-refractivity contribution is 8.13.